The summed E-state index contributed by atoms with van der Waals surface area (Å²) in [6.07, 6.45) is 1.78. The number of carbonyl (C=O) groups is 3. The summed E-state index contributed by atoms with van der Waals surface area (Å²) in [4.78, 5) is 52.4. The number of rotatable bonds is 6. The zero-order chi connectivity index (χ0) is 26.0. The van der Waals surface area contributed by atoms with E-state index in [1.54, 1.807) is 4.90 Å². The second-order valence-corrected chi connectivity index (χ2v) is 11.5. The number of hydrogen-bond acceptors (Lipinski definition) is 5. The minimum absolute atomic E-state index is 0.0523. The van der Waals surface area contributed by atoms with Crippen LogP contribution in [0.2, 0.25) is 0 Å². The average molecular weight is 498 g/mol. The molecule has 36 heavy (non-hydrogen) atoms. The lowest BCUT2D eigenvalue weighted by molar-refractivity contribution is -0.128. The molecule has 2 aromatic rings. The van der Waals surface area contributed by atoms with Crippen LogP contribution in [0, 0.1) is 11.8 Å². The van der Waals surface area contributed by atoms with Crippen molar-refractivity contribution < 1.29 is 19.1 Å². The number of imidazole rings is 1. The number of ether oxygens (including phenoxy) is 1. The predicted molar refractivity (Wildman–Crippen MR) is 137 cm³/mol. The van der Waals surface area contributed by atoms with Crippen molar-refractivity contribution in [2.45, 2.75) is 65.5 Å². The molecule has 0 aliphatic carbocycles. The third-order valence-corrected chi connectivity index (χ3v) is 6.67. The van der Waals surface area contributed by atoms with E-state index in [1.165, 1.54) is 0 Å². The molecule has 2 aliphatic rings. The van der Waals surface area contributed by atoms with Crippen molar-refractivity contribution in [1.29, 1.82) is 0 Å². The highest BCUT2D eigenvalue weighted by Crippen LogP contribution is 2.27. The maximum absolute atomic E-state index is 13.8. The number of piperidine rings is 1. The molecule has 2 aliphatic heterocycles. The summed E-state index contributed by atoms with van der Waals surface area (Å²) in [5.74, 6) is 0.577. The van der Waals surface area contributed by atoms with Gasteiger partial charge in [-0.2, -0.15) is 0 Å². The van der Waals surface area contributed by atoms with E-state index in [4.69, 9.17) is 4.74 Å². The number of aromatic nitrogens is 2. The first-order valence-electron chi connectivity index (χ1n) is 13.0. The Balaban J connectivity index is 1.61. The van der Waals surface area contributed by atoms with Gasteiger partial charge in [0.15, 0.2) is 5.82 Å². The quantitative estimate of drug-likeness (QED) is 0.652. The maximum atomic E-state index is 13.8. The third kappa shape index (κ3) is 6.17. The van der Waals surface area contributed by atoms with Gasteiger partial charge in [-0.25, -0.2) is 9.78 Å². The smallest absolute Gasteiger partial charge is 0.410 e. The molecule has 1 unspecified atom stereocenters. The summed E-state index contributed by atoms with van der Waals surface area (Å²) in [7, 11) is 0. The van der Waals surface area contributed by atoms with Gasteiger partial charge in [0, 0.05) is 39.1 Å². The SMILES string of the molecule is CC(C)CN(C(=O)c1nc2ccccc2[nH]1)[C@H]1CC(CN2CCCC2=O)CN(C(=O)OC(C)(C)C)C1. The summed E-state index contributed by atoms with van der Waals surface area (Å²) in [5, 5.41) is 0. The van der Waals surface area contributed by atoms with Gasteiger partial charge in [-0.05, 0) is 57.6 Å². The van der Waals surface area contributed by atoms with Crippen molar-refractivity contribution in [2.75, 3.05) is 32.7 Å². The van der Waals surface area contributed by atoms with Crippen LogP contribution in [0.3, 0.4) is 0 Å². The summed E-state index contributed by atoms with van der Waals surface area (Å²) in [5.41, 5.74) is 0.941. The van der Waals surface area contributed by atoms with Gasteiger partial charge in [0.05, 0.1) is 17.1 Å². The Bertz CT molecular complexity index is 1070. The molecular weight excluding hydrogens is 458 g/mol. The Morgan fingerprint density at radius 1 is 1.22 bits per heavy atom. The predicted octanol–water partition coefficient (Wildman–Crippen LogP) is 3.91. The molecule has 0 spiro atoms. The van der Waals surface area contributed by atoms with E-state index in [0.717, 1.165) is 24.0 Å². The van der Waals surface area contributed by atoms with Crippen LogP contribution in [-0.4, -0.2) is 86.9 Å². The number of H-pyrrole nitrogens is 1. The number of nitrogens with one attached hydrogen (secondary N) is 1. The summed E-state index contributed by atoms with van der Waals surface area (Å²) in [6.45, 7) is 12.5. The second-order valence-electron chi connectivity index (χ2n) is 11.5. The van der Waals surface area contributed by atoms with Gasteiger partial charge < -0.3 is 24.4 Å². The van der Waals surface area contributed by atoms with Gasteiger partial charge in [0.25, 0.3) is 5.91 Å². The third-order valence-electron chi connectivity index (χ3n) is 6.67. The fourth-order valence-electron chi connectivity index (χ4n) is 5.20. The number of carbonyl (C=O) groups excluding carboxylic acids is 3. The first-order valence-corrected chi connectivity index (χ1v) is 13.0. The molecule has 196 valence electrons. The molecule has 3 amide bonds. The lowest BCUT2D eigenvalue weighted by Crippen LogP contribution is -2.57. The highest BCUT2D eigenvalue weighted by Gasteiger charge is 2.39. The number of hydrogen-bond donors (Lipinski definition) is 1. The number of para-hydroxylation sites is 2. The molecule has 2 atom stereocenters. The number of amides is 3. The number of likely N-dealkylation sites (tertiary alicyclic amines) is 2. The van der Waals surface area contributed by atoms with Crippen molar-refractivity contribution >= 4 is 28.9 Å². The van der Waals surface area contributed by atoms with Crippen molar-refractivity contribution in [3.63, 3.8) is 0 Å². The largest absolute Gasteiger partial charge is 0.444 e. The zero-order valence-corrected chi connectivity index (χ0v) is 22.1. The van der Waals surface area contributed by atoms with Gasteiger partial charge >= 0.3 is 6.09 Å². The van der Waals surface area contributed by atoms with Crippen LogP contribution >= 0.6 is 0 Å². The number of aromatic amines is 1. The van der Waals surface area contributed by atoms with Gasteiger partial charge in [-0.1, -0.05) is 26.0 Å². The molecule has 2 fully saturated rings. The molecule has 1 aromatic heterocycles. The lowest BCUT2D eigenvalue weighted by Gasteiger charge is -2.44. The van der Waals surface area contributed by atoms with E-state index in [-0.39, 0.29) is 35.8 Å². The van der Waals surface area contributed by atoms with E-state index >= 15 is 0 Å². The lowest BCUT2D eigenvalue weighted by atomic mass is 9.92. The maximum Gasteiger partial charge on any atom is 0.410 e. The van der Waals surface area contributed by atoms with Crippen molar-refractivity contribution in [2.24, 2.45) is 11.8 Å². The standard InChI is InChI=1S/C27H39N5O4/c1-18(2)14-32(25(34)24-28-21-9-6-7-10-22(21)29-24)20-13-19(15-30-12-8-11-23(30)33)16-31(17-20)26(35)36-27(3,4)5/h6-7,9-10,18-20H,8,11-17H2,1-5H3,(H,28,29)/t19?,20-/m0/s1. The summed E-state index contributed by atoms with van der Waals surface area (Å²) in [6, 6.07) is 7.37. The first-order chi connectivity index (χ1) is 17.0. The van der Waals surface area contributed by atoms with Crippen LogP contribution < -0.4 is 0 Å². The molecule has 0 saturated carbocycles. The number of nitrogens with zero attached hydrogens (tertiary/aromatic N) is 4. The second kappa shape index (κ2) is 10.5. The minimum Gasteiger partial charge on any atom is -0.444 e. The summed E-state index contributed by atoms with van der Waals surface area (Å²) >= 11 is 0. The highest BCUT2D eigenvalue weighted by molar-refractivity contribution is 5.94. The van der Waals surface area contributed by atoms with E-state index in [2.05, 4.69) is 23.8 Å². The highest BCUT2D eigenvalue weighted by atomic mass is 16.6. The Kier molecular flexibility index (Phi) is 7.57. The normalized spacial score (nSPS) is 20.9. The zero-order valence-electron chi connectivity index (χ0n) is 22.1. The average Bonchev–Trinajstić information content (AvgIpc) is 3.41. The summed E-state index contributed by atoms with van der Waals surface area (Å²) < 4.78 is 5.70. The topological polar surface area (TPSA) is 98.8 Å². The Morgan fingerprint density at radius 2 is 1.97 bits per heavy atom. The Labute approximate surface area is 213 Å². The van der Waals surface area contributed by atoms with Crippen LogP contribution in [0.5, 0.6) is 0 Å². The van der Waals surface area contributed by atoms with Gasteiger partial charge in [-0.15, -0.1) is 0 Å². The van der Waals surface area contributed by atoms with Crippen molar-refractivity contribution in [1.82, 2.24) is 24.7 Å². The van der Waals surface area contributed by atoms with Crippen LogP contribution in [0.1, 0.15) is 64.5 Å². The molecule has 9 nitrogen and oxygen atoms in total. The van der Waals surface area contributed by atoms with E-state index in [1.807, 2.05) is 54.8 Å². The van der Waals surface area contributed by atoms with Crippen molar-refractivity contribution in [3.8, 4) is 0 Å². The first kappa shape index (κ1) is 26.0. The molecule has 1 N–H and O–H groups in total. The van der Waals surface area contributed by atoms with E-state index in [0.29, 0.717) is 44.8 Å². The molecular formula is C27H39N5O4. The van der Waals surface area contributed by atoms with Crippen LogP contribution in [0.4, 0.5) is 4.79 Å². The van der Waals surface area contributed by atoms with Crippen LogP contribution in [0.25, 0.3) is 11.0 Å². The molecule has 3 heterocycles. The van der Waals surface area contributed by atoms with E-state index < -0.39 is 5.60 Å². The minimum atomic E-state index is -0.619. The number of fused-ring (bicyclic) bond motifs is 1. The monoisotopic (exact) mass is 497 g/mol. The van der Waals surface area contributed by atoms with Gasteiger partial charge in [0.2, 0.25) is 5.91 Å². The molecule has 0 bridgehead atoms. The Morgan fingerprint density at radius 3 is 2.61 bits per heavy atom. The molecule has 9 heteroatoms. The number of benzene rings is 1. The fraction of sp³-hybridized carbons (Fsp3) is 0.630. The molecule has 4 rings (SSSR count). The fourth-order valence-corrected chi connectivity index (χ4v) is 5.20. The van der Waals surface area contributed by atoms with Gasteiger partial charge in [-0.3, -0.25) is 9.59 Å². The Hall–Kier alpha value is -3.10. The van der Waals surface area contributed by atoms with E-state index in [9.17, 15) is 14.4 Å². The molecule has 2 saturated heterocycles. The van der Waals surface area contributed by atoms with Crippen LogP contribution in [0.15, 0.2) is 24.3 Å². The molecule has 1 aromatic carbocycles. The molecule has 0 radical (unpaired) electrons. The van der Waals surface area contributed by atoms with Crippen LogP contribution in [-0.2, 0) is 9.53 Å². The van der Waals surface area contributed by atoms with Gasteiger partial charge in [0.1, 0.15) is 5.60 Å². The van der Waals surface area contributed by atoms with Crippen molar-refractivity contribution in [3.05, 3.63) is 30.1 Å².